The molecule has 84 valence electrons. The van der Waals surface area contributed by atoms with Crippen LogP contribution in [0.4, 0.5) is 0 Å². The van der Waals surface area contributed by atoms with Gasteiger partial charge in [-0.15, -0.1) is 0 Å². The molecule has 0 unspecified atom stereocenters. The Morgan fingerprint density at radius 1 is 1.38 bits per heavy atom. The van der Waals surface area contributed by atoms with Crippen LogP contribution in [0.5, 0.6) is 0 Å². The van der Waals surface area contributed by atoms with Crippen molar-refractivity contribution in [2.75, 3.05) is 6.54 Å². The minimum Gasteiger partial charge on any atom is -0.347 e. The van der Waals surface area contributed by atoms with E-state index in [1.807, 2.05) is 0 Å². The summed E-state index contributed by atoms with van der Waals surface area (Å²) >= 11 is 0. The number of benzene rings is 1. The molecule has 2 heteroatoms. The molecule has 2 aromatic rings. The molecule has 1 aliphatic rings. The Labute approximate surface area is 96.1 Å². The number of rotatable bonds is 1. The number of fused-ring (bicyclic) bond motifs is 3. The van der Waals surface area contributed by atoms with Crippen LogP contribution >= 0.6 is 0 Å². The average molecular weight is 214 g/mol. The van der Waals surface area contributed by atoms with Gasteiger partial charge in [0.2, 0.25) is 0 Å². The van der Waals surface area contributed by atoms with Crippen molar-refractivity contribution in [2.45, 2.75) is 25.2 Å². The van der Waals surface area contributed by atoms with Crippen LogP contribution in [-0.2, 0) is 13.5 Å². The average Bonchev–Trinajstić information content (AvgIpc) is 2.64. The predicted octanol–water partition coefficient (Wildman–Crippen LogP) is 2.56. The molecule has 2 N–H and O–H groups in total. The zero-order valence-corrected chi connectivity index (χ0v) is 9.74. The first-order valence-corrected chi connectivity index (χ1v) is 6.09. The number of para-hydroxylation sites is 1. The quantitative estimate of drug-likeness (QED) is 0.777. The Bertz CT molecular complexity index is 525. The van der Waals surface area contributed by atoms with Gasteiger partial charge in [0, 0.05) is 23.6 Å². The number of nitrogens with zero attached hydrogens (tertiary/aromatic N) is 1. The van der Waals surface area contributed by atoms with Gasteiger partial charge in [0.25, 0.3) is 0 Å². The van der Waals surface area contributed by atoms with E-state index in [-0.39, 0.29) is 0 Å². The molecule has 1 aromatic heterocycles. The molecular formula is C14H18N2. The predicted molar refractivity (Wildman–Crippen MR) is 67.7 cm³/mol. The molecule has 0 bridgehead atoms. The number of aromatic nitrogens is 1. The zero-order chi connectivity index (χ0) is 11.1. The van der Waals surface area contributed by atoms with Crippen LogP contribution in [0.3, 0.4) is 0 Å². The lowest BCUT2D eigenvalue weighted by atomic mass is 9.85. The normalized spacial score (nSPS) is 20.0. The van der Waals surface area contributed by atoms with Gasteiger partial charge < -0.3 is 10.3 Å². The SMILES string of the molecule is Cn1c2c(c3ccccc31)[C@@H](CN)CCC2. The maximum atomic E-state index is 5.91. The highest BCUT2D eigenvalue weighted by Crippen LogP contribution is 2.37. The molecule has 3 rings (SSSR count). The molecule has 1 atom stereocenters. The van der Waals surface area contributed by atoms with Crippen molar-refractivity contribution in [3.63, 3.8) is 0 Å². The Hall–Kier alpha value is -1.28. The van der Waals surface area contributed by atoms with Crippen molar-refractivity contribution >= 4 is 10.9 Å². The molecule has 0 saturated carbocycles. The van der Waals surface area contributed by atoms with Gasteiger partial charge in [0.1, 0.15) is 0 Å². The molecule has 0 spiro atoms. The first-order valence-electron chi connectivity index (χ1n) is 6.09. The fraction of sp³-hybridized carbons (Fsp3) is 0.429. The lowest BCUT2D eigenvalue weighted by Gasteiger charge is -2.22. The smallest absolute Gasteiger partial charge is 0.0482 e. The van der Waals surface area contributed by atoms with Gasteiger partial charge in [-0.05, 0) is 43.4 Å². The third-order valence-electron chi connectivity index (χ3n) is 3.93. The van der Waals surface area contributed by atoms with Crippen LogP contribution in [0.15, 0.2) is 24.3 Å². The maximum Gasteiger partial charge on any atom is 0.0482 e. The summed E-state index contributed by atoms with van der Waals surface area (Å²) in [6.45, 7) is 0.779. The standard InChI is InChI=1S/C14H18N2/c1-16-12-7-3-2-6-11(12)14-10(9-15)5-4-8-13(14)16/h2-3,6-7,10H,4-5,8-9,15H2,1H3/t10-/m1/s1. The number of nitrogens with two attached hydrogens (primary N) is 1. The van der Waals surface area contributed by atoms with E-state index >= 15 is 0 Å². The van der Waals surface area contributed by atoms with Gasteiger partial charge in [0.15, 0.2) is 0 Å². The Morgan fingerprint density at radius 3 is 3.00 bits per heavy atom. The Morgan fingerprint density at radius 2 is 2.19 bits per heavy atom. The van der Waals surface area contributed by atoms with Crippen molar-refractivity contribution in [3.8, 4) is 0 Å². The Kier molecular flexibility index (Phi) is 2.25. The molecule has 2 nitrogen and oxygen atoms in total. The van der Waals surface area contributed by atoms with Crippen molar-refractivity contribution in [2.24, 2.45) is 12.8 Å². The van der Waals surface area contributed by atoms with Crippen LogP contribution in [0.25, 0.3) is 10.9 Å². The molecule has 1 heterocycles. The number of hydrogen-bond acceptors (Lipinski definition) is 1. The zero-order valence-electron chi connectivity index (χ0n) is 9.74. The lowest BCUT2D eigenvalue weighted by Crippen LogP contribution is -2.18. The van der Waals surface area contributed by atoms with Crippen molar-refractivity contribution < 1.29 is 0 Å². The fourth-order valence-electron chi connectivity index (χ4n) is 3.13. The molecular weight excluding hydrogens is 196 g/mol. The lowest BCUT2D eigenvalue weighted by molar-refractivity contribution is 0.549. The summed E-state index contributed by atoms with van der Waals surface area (Å²) in [5, 5.41) is 1.41. The molecule has 16 heavy (non-hydrogen) atoms. The second-order valence-electron chi connectivity index (χ2n) is 4.76. The van der Waals surface area contributed by atoms with Gasteiger partial charge in [-0.2, -0.15) is 0 Å². The highest BCUT2D eigenvalue weighted by atomic mass is 15.0. The van der Waals surface area contributed by atoms with Crippen LogP contribution in [0, 0.1) is 0 Å². The highest BCUT2D eigenvalue weighted by molar-refractivity contribution is 5.86. The van der Waals surface area contributed by atoms with Crippen molar-refractivity contribution in [1.82, 2.24) is 4.57 Å². The van der Waals surface area contributed by atoms with Gasteiger partial charge in [-0.25, -0.2) is 0 Å². The summed E-state index contributed by atoms with van der Waals surface area (Å²) in [4.78, 5) is 0. The third-order valence-corrected chi connectivity index (χ3v) is 3.93. The summed E-state index contributed by atoms with van der Waals surface area (Å²) in [6, 6.07) is 8.69. The third kappa shape index (κ3) is 1.23. The van der Waals surface area contributed by atoms with E-state index < -0.39 is 0 Å². The van der Waals surface area contributed by atoms with Gasteiger partial charge in [0.05, 0.1) is 0 Å². The molecule has 0 saturated heterocycles. The van der Waals surface area contributed by atoms with Gasteiger partial charge in [-0.1, -0.05) is 18.2 Å². The Balaban J connectivity index is 2.34. The topological polar surface area (TPSA) is 30.9 Å². The molecule has 0 aliphatic heterocycles. The van der Waals surface area contributed by atoms with E-state index in [0.717, 1.165) is 6.54 Å². The molecule has 0 fully saturated rings. The summed E-state index contributed by atoms with van der Waals surface area (Å²) in [5.74, 6) is 0.565. The summed E-state index contributed by atoms with van der Waals surface area (Å²) < 4.78 is 2.35. The molecule has 0 amide bonds. The van der Waals surface area contributed by atoms with E-state index in [1.54, 1.807) is 0 Å². The number of aryl methyl sites for hydroxylation is 1. The van der Waals surface area contributed by atoms with Crippen LogP contribution in [0.2, 0.25) is 0 Å². The van der Waals surface area contributed by atoms with Gasteiger partial charge in [-0.3, -0.25) is 0 Å². The van der Waals surface area contributed by atoms with Crippen LogP contribution < -0.4 is 5.73 Å². The maximum absolute atomic E-state index is 5.91. The molecule has 1 aliphatic carbocycles. The minimum atomic E-state index is 0.565. The minimum absolute atomic E-state index is 0.565. The van der Waals surface area contributed by atoms with E-state index in [9.17, 15) is 0 Å². The van der Waals surface area contributed by atoms with E-state index in [0.29, 0.717) is 5.92 Å². The first-order chi connectivity index (χ1) is 7.83. The second-order valence-corrected chi connectivity index (χ2v) is 4.76. The van der Waals surface area contributed by atoms with E-state index in [2.05, 4.69) is 35.9 Å². The summed E-state index contributed by atoms with van der Waals surface area (Å²) in [7, 11) is 2.18. The van der Waals surface area contributed by atoms with E-state index in [4.69, 9.17) is 5.73 Å². The van der Waals surface area contributed by atoms with Crippen LogP contribution in [0.1, 0.15) is 30.0 Å². The summed E-state index contributed by atoms with van der Waals surface area (Å²) in [5.41, 5.74) is 10.3. The van der Waals surface area contributed by atoms with Gasteiger partial charge >= 0.3 is 0 Å². The highest BCUT2D eigenvalue weighted by Gasteiger charge is 2.24. The van der Waals surface area contributed by atoms with Crippen LogP contribution in [-0.4, -0.2) is 11.1 Å². The monoisotopic (exact) mass is 214 g/mol. The first kappa shape index (κ1) is 9.91. The molecule has 1 aromatic carbocycles. The number of hydrogen-bond donors (Lipinski definition) is 1. The fourth-order valence-corrected chi connectivity index (χ4v) is 3.13. The summed E-state index contributed by atoms with van der Waals surface area (Å²) in [6.07, 6.45) is 3.73. The van der Waals surface area contributed by atoms with Crippen molar-refractivity contribution in [3.05, 3.63) is 35.5 Å². The molecule has 0 radical (unpaired) electrons. The second kappa shape index (κ2) is 3.63. The van der Waals surface area contributed by atoms with E-state index in [1.165, 1.54) is 41.4 Å². The largest absolute Gasteiger partial charge is 0.347 e. The van der Waals surface area contributed by atoms with Crippen molar-refractivity contribution in [1.29, 1.82) is 0 Å².